The van der Waals surface area contributed by atoms with Crippen LogP contribution in [0.1, 0.15) is 34.6 Å². The number of rotatable bonds is 4. The van der Waals surface area contributed by atoms with Gasteiger partial charge < -0.3 is 20.3 Å². The van der Waals surface area contributed by atoms with Crippen molar-refractivity contribution in [1.82, 2.24) is 5.32 Å². The molecule has 0 aliphatic carbocycles. The first-order valence-electron chi connectivity index (χ1n) is 5.45. The molecule has 0 saturated carbocycles. The van der Waals surface area contributed by atoms with Crippen LogP contribution in [0, 0.1) is 5.92 Å². The molecule has 0 aromatic heterocycles. The van der Waals surface area contributed by atoms with Crippen LogP contribution in [0.25, 0.3) is 0 Å². The van der Waals surface area contributed by atoms with E-state index in [9.17, 15) is 14.7 Å². The predicted octanol–water partition coefficient (Wildman–Crippen LogP) is 0.981. The van der Waals surface area contributed by atoms with Gasteiger partial charge in [0.05, 0.1) is 6.10 Å². The molecule has 2 atom stereocenters. The lowest BCUT2D eigenvalue weighted by Gasteiger charge is -2.25. The maximum atomic E-state index is 11.4. The number of aliphatic hydroxyl groups excluding tert-OH is 1. The number of carboxylic acid groups (broad SMARTS) is 1. The Hall–Kier alpha value is -1.30. The molecule has 100 valence electrons. The maximum Gasteiger partial charge on any atom is 0.408 e. The summed E-state index contributed by atoms with van der Waals surface area (Å²) in [6.07, 6.45) is -2.02. The van der Waals surface area contributed by atoms with E-state index < -0.39 is 29.8 Å². The van der Waals surface area contributed by atoms with E-state index in [4.69, 9.17) is 9.84 Å². The standard InChI is InChI=1S/C11H21NO5/c1-6(2)8(13)7(9(14)15)12-10(16)17-11(3,4)5/h6-8,13H,1-5H3,(H,12,16)(H,14,15)/t7-,8?/m0/s1. The van der Waals surface area contributed by atoms with Crippen molar-refractivity contribution >= 4 is 12.1 Å². The van der Waals surface area contributed by atoms with E-state index in [0.29, 0.717) is 0 Å². The molecule has 6 heteroatoms. The van der Waals surface area contributed by atoms with Gasteiger partial charge in [-0.15, -0.1) is 0 Å². The fourth-order valence-electron chi connectivity index (χ4n) is 1.11. The molecular weight excluding hydrogens is 226 g/mol. The van der Waals surface area contributed by atoms with Gasteiger partial charge in [0.1, 0.15) is 5.60 Å². The average Bonchev–Trinajstić information content (AvgIpc) is 2.09. The number of carbonyl (C=O) groups excluding carboxylic acids is 1. The van der Waals surface area contributed by atoms with Crippen molar-refractivity contribution < 1.29 is 24.5 Å². The number of hydrogen-bond donors (Lipinski definition) is 3. The summed E-state index contributed by atoms with van der Waals surface area (Å²) in [7, 11) is 0. The number of hydrogen-bond acceptors (Lipinski definition) is 4. The van der Waals surface area contributed by atoms with E-state index >= 15 is 0 Å². The number of aliphatic carboxylic acids is 1. The topological polar surface area (TPSA) is 95.9 Å². The fourth-order valence-corrected chi connectivity index (χ4v) is 1.11. The van der Waals surface area contributed by atoms with E-state index in [1.807, 2.05) is 0 Å². The van der Waals surface area contributed by atoms with Gasteiger partial charge in [0.25, 0.3) is 0 Å². The molecule has 0 aliphatic heterocycles. The normalized spacial score (nSPS) is 15.2. The number of alkyl carbamates (subject to hydrolysis) is 1. The van der Waals surface area contributed by atoms with Gasteiger partial charge in [-0.3, -0.25) is 0 Å². The first kappa shape index (κ1) is 15.7. The zero-order valence-electron chi connectivity index (χ0n) is 10.9. The highest BCUT2D eigenvalue weighted by molar-refractivity contribution is 5.80. The Bertz CT molecular complexity index is 282. The number of carboxylic acids is 1. The summed E-state index contributed by atoms with van der Waals surface area (Å²) >= 11 is 0. The highest BCUT2D eigenvalue weighted by atomic mass is 16.6. The number of amides is 1. The lowest BCUT2D eigenvalue weighted by atomic mass is 10.00. The molecular formula is C11H21NO5. The van der Waals surface area contributed by atoms with Crippen LogP contribution in [-0.2, 0) is 9.53 Å². The largest absolute Gasteiger partial charge is 0.480 e. The first-order valence-corrected chi connectivity index (χ1v) is 5.45. The van der Waals surface area contributed by atoms with Crippen LogP contribution in [-0.4, -0.2) is 40.0 Å². The number of carbonyl (C=O) groups is 2. The molecule has 0 bridgehead atoms. The second kappa shape index (κ2) is 5.86. The zero-order chi connectivity index (χ0) is 13.8. The van der Waals surface area contributed by atoms with E-state index in [1.54, 1.807) is 34.6 Å². The second-order valence-electron chi connectivity index (χ2n) is 5.20. The molecule has 0 spiro atoms. The minimum absolute atomic E-state index is 0.286. The van der Waals surface area contributed by atoms with Gasteiger partial charge in [0.2, 0.25) is 0 Å². The molecule has 0 radical (unpaired) electrons. The maximum absolute atomic E-state index is 11.4. The molecule has 1 amide bonds. The van der Waals surface area contributed by atoms with E-state index in [1.165, 1.54) is 0 Å². The fraction of sp³-hybridized carbons (Fsp3) is 0.818. The highest BCUT2D eigenvalue weighted by Gasteiger charge is 2.31. The summed E-state index contributed by atoms with van der Waals surface area (Å²) in [6, 6.07) is -1.37. The Morgan fingerprint density at radius 2 is 1.71 bits per heavy atom. The summed E-state index contributed by atoms with van der Waals surface area (Å²) < 4.78 is 4.92. The van der Waals surface area contributed by atoms with Crippen LogP contribution in [0.3, 0.4) is 0 Å². The quantitative estimate of drug-likeness (QED) is 0.688. The third-order valence-electron chi connectivity index (χ3n) is 1.96. The number of nitrogens with one attached hydrogen (secondary N) is 1. The van der Waals surface area contributed by atoms with Gasteiger partial charge in [0.15, 0.2) is 6.04 Å². The monoisotopic (exact) mass is 247 g/mol. The van der Waals surface area contributed by atoms with Gasteiger partial charge in [-0.1, -0.05) is 13.8 Å². The molecule has 3 N–H and O–H groups in total. The highest BCUT2D eigenvalue weighted by Crippen LogP contribution is 2.10. The third kappa shape index (κ3) is 6.11. The Morgan fingerprint density at radius 1 is 1.24 bits per heavy atom. The Labute approximate surface area is 101 Å². The van der Waals surface area contributed by atoms with Gasteiger partial charge in [0, 0.05) is 0 Å². The van der Waals surface area contributed by atoms with Crippen molar-refractivity contribution in [3.8, 4) is 0 Å². The smallest absolute Gasteiger partial charge is 0.408 e. The van der Waals surface area contributed by atoms with Crippen molar-refractivity contribution in [2.24, 2.45) is 5.92 Å². The van der Waals surface area contributed by atoms with Crippen LogP contribution in [0.5, 0.6) is 0 Å². The number of ether oxygens (including phenoxy) is 1. The molecule has 0 fully saturated rings. The molecule has 0 heterocycles. The minimum atomic E-state index is -1.37. The van der Waals surface area contributed by atoms with E-state index in [-0.39, 0.29) is 5.92 Å². The number of aliphatic hydroxyl groups is 1. The lowest BCUT2D eigenvalue weighted by Crippen LogP contribution is -2.51. The summed E-state index contributed by atoms with van der Waals surface area (Å²) in [5, 5.41) is 20.7. The molecule has 0 saturated heterocycles. The lowest BCUT2D eigenvalue weighted by molar-refractivity contribution is -0.143. The molecule has 6 nitrogen and oxygen atoms in total. The predicted molar refractivity (Wildman–Crippen MR) is 61.6 cm³/mol. The molecule has 0 aromatic rings. The van der Waals surface area contributed by atoms with Gasteiger partial charge >= 0.3 is 12.1 Å². The molecule has 17 heavy (non-hydrogen) atoms. The summed E-state index contributed by atoms with van der Waals surface area (Å²) in [5.41, 5.74) is -0.712. The summed E-state index contributed by atoms with van der Waals surface area (Å²) in [5.74, 6) is -1.58. The van der Waals surface area contributed by atoms with Gasteiger partial charge in [-0.05, 0) is 26.7 Å². The van der Waals surface area contributed by atoms with Crippen LogP contribution < -0.4 is 5.32 Å². The molecule has 0 aromatic carbocycles. The minimum Gasteiger partial charge on any atom is -0.480 e. The van der Waals surface area contributed by atoms with Crippen molar-refractivity contribution in [3.63, 3.8) is 0 Å². The van der Waals surface area contributed by atoms with Gasteiger partial charge in [-0.2, -0.15) is 0 Å². The van der Waals surface area contributed by atoms with Crippen LogP contribution in [0.4, 0.5) is 4.79 Å². The Kier molecular flexibility index (Phi) is 5.41. The first-order chi connectivity index (χ1) is 7.54. The van der Waals surface area contributed by atoms with Crippen molar-refractivity contribution in [1.29, 1.82) is 0 Å². The van der Waals surface area contributed by atoms with Crippen LogP contribution in [0.2, 0.25) is 0 Å². The van der Waals surface area contributed by atoms with Crippen LogP contribution in [0.15, 0.2) is 0 Å². The van der Waals surface area contributed by atoms with Crippen LogP contribution >= 0.6 is 0 Å². The van der Waals surface area contributed by atoms with Crippen molar-refractivity contribution in [2.45, 2.75) is 52.4 Å². The second-order valence-corrected chi connectivity index (χ2v) is 5.20. The van der Waals surface area contributed by atoms with Crippen molar-refractivity contribution in [2.75, 3.05) is 0 Å². The summed E-state index contributed by atoms with van der Waals surface area (Å²) in [4.78, 5) is 22.3. The molecule has 1 unspecified atom stereocenters. The SMILES string of the molecule is CC(C)C(O)[C@H](NC(=O)OC(C)(C)C)C(=O)O. The van der Waals surface area contributed by atoms with Gasteiger partial charge in [-0.25, -0.2) is 9.59 Å². The third-order valence-corrected chi connectivity index (χ3v) is 1.96. The van der Waals surface area contributed by atoms with E-state index in [0.717, 1.165) is 0 Å². The average molecular weight is 247 g/mol. The molecule has 0 aliphatic rings. The summed E-state index contributed by atoms with van der Waals surface area (Å²) in [6.45, 7) is 8.33. The Balaban J connectivity index is 4.57. The van der Waals surface area contributed by atoms with Crippen molar-refractivity contribution in [3.05, 3.63) is 0 Å². The molecule has 0 rings (SSSR count). The Morgan fingerprint density at radius 3 is 2.00 bits per heavy atom. The zero-order valence-corrected chi connectivity index (χ0v) is 10.9. The van der Waals surface area contributed by atoms with E-state index in [2.05, 4.69) is 5.32 Å².